The summed E-state index contributed by atoms with van der Waals surface area (Å²) in [6, 6.07) is 0.118. The van der Waals surface area contributed by atoms with Gasteiger partial charge in [-0.1, -0.05) is 13.8 Å². The minimum absolute atomic E-state index is 0.118. The van der Waals surface area contributed by atoms with Crippen LogP contribution in [0.3, 0.4) is 0 Å². The number of hydrogen-bond donors (Lipinski definition) is 1. The molecule has 0 amide bonds. The van der Waals surface area contributed by atoms with Gasteiger partial charge in [0.25, 0.3) is 0 Å². The molecule has 0 aromatic carbocycles. The fourth-order valence-corrected chi connectivity index (χ4v) is 4.05. The number of nitrogens with two attached hydrogens (primary N) is 1. The van der Waals surface area contributed by atoms with Crippen molar-refractivity contribution in [2.75, 3.05) is 19.6 Å². The van der Waals surface area contributed by atoms with Crippen molar-refractivity contribution in [2.24, 2.45) is 17.1 Å². The van der Waals surface area contributed by atoms with Gasteiger partial charge in [-0.2, -0.15) is 0 Å². The molecule has 3 heteroatoms. The van der Waals surface area contributed by atoms with Crippen LogP contribution in [0, 0.1) is 11.3 Å². The van der Waals surface area contributed by atoms with Gasteiger partial charge in [-0.3, -0.25) is 0 Å². The van der Waals surface area contributed by atoms with E-state index < -0.39 is 0 Å². The van der Waals surface area contributed by atoms with Gasteiger partial charge in [-0.15, -0.1) is 0 Å². The number of rotatable bonds is 2. The molecule has 2 rings (SSSR count). The van der Waals surface area contributed by atoms with Gasteiger partial charge in [0.2, 0.25) is 0 Å². The third-order valence-corrected chi connectivity index (χ3v) is 5.09. The summed E-state index contributed by atoms with van der Waals surface area (Å²) in [5, 5.41) is 0. The van der Waals surface area contributed by atoms with Crippen LogP contribution in [0.1, 0.15) is 54.4 Å². The lowest BCUT2D eigenvalue weighted by molar-refractivity contribution is -0.0796. The molecule has 0 radical (unpaired) electrons. The van der Waals surface area contributed by atoms with E-state index in [0.717, 1.165) is 6.54 Å². The van der Waals surface area contributed by atoms with E-state index in [1.54, 1.807) is 0 Å². The van der Waals surface area contributed by atoms with Crippen LogP contribution in [0.25, 0.3) is 0 Å². The minimum atomic E-state index is -0.209. The number of nitrogens with zero attached hydrogens (tertiary/aromatic N) is 1. The normalized spacial score (nSPS) is 37.4. The van der Waals surface area contributed by atoms with Gasteiger partial charge < -0.3 is 15.4 Å². The molecule has 19 heavy (non-hydrogen) atoms. The third-order valence-electron chi connectivity index (χ3n) is 5.09. The van der Waals surface area contributed by atoms with E-state index in [1.165, 1.54) is 25.9 Å². The van der Waals surface area contributed by atoms with Crippen LogP contribution in [0.4, 0.5) is 0 Å². The van der Waals surface area contributed by atoms with Gasteiger partial charge in [-0.05, 0) is 52.5 Å². The summed E-state index contributed by atoms with van der Waals surface area (Å²) in [5.41, 5.74) is 6.58. The lowest BCUT2D eigenvalue weighted by Crippen LogP contribution is -2.50. The van der Waals surface area contributed by atoms with Crippen molar-refractivity contribution in [3.8, 4) is 0 Å². The smallest absolute Gasteiger partial charge is 0.0788 e. The molecule has 2 saturated heterocycles. The Labute approximate surface area is 118 Å². The Bertz CT molecular complexity index is 336. The number of likely N-dealkylation sites (tertiary alicyclic amines) is 1. The topological polar surface area (TPSA) is 38.5 Å². The standard InChI is InChI=1S/C16H32N2O/c1-14(2)8-7-9-18(11-14)10-12-13(17)16(5,6)19-15(12,3)4/h12-13H,7-11,17H2,1-6H3. The van der Waals surface area contributed by atoms with E-state index in [4.69, 9.17) is 10.5 Å². The van der Waals surface area contributed by atoms with Crippen LogP contribution in [0.5, 0.6) is 0 Å². The van der Waals surface area contributed by atoms with E-state index >= 15 is 0 Å². The Morgan fingerprint density at radius 1 is 1.11 bits per heavy atom. The quantitative estimate of drug-likeness (QED) is 0.837. The average Bonchev–Trinajstić information content (AvgIpc) is 2.35. The Morgan fingerprint density at radius 3 is 2.21 bits per heavy atom. The van der Waals surface area contributed by atoms with Gasteiger partial charge in [-0.25, -0.2) is 0 Å². The maximum atomic E-state index is 6.47. The summed E-state index contributed by atoms with van der Waals surface area (Å²) in [7, 11) is 0. The van der Waals surface area contributed by atoms with Gasteiger partial charge >= 0.3 is 0 Å². The second kappa shape index (κ2) is 4.71. The van der Waals surface area contributed by atoms with E-state index in [0.29, 0.717) is 11.3 Å². The first kappa shape index (κ1) is 15.3. The van der Waals surface area contributed by atoms with Crippen LogP contribution in [0.2, 0.25) is 0 Å². The highest BCUT2D eigenvalue weighted by atomic mass is 16.5. The molecule has 2 aliphatic rings. The Hall–Kier alpha value is -0.120. The first-order chi connectivity index (χ1) is 8.54. The molecule has 0 spiro atoms. The number of ether oxygens (including phenoxy) is 1. The van der Waals surface area contributed by atoms with Crippen molar-refractivity contribution in [2.45, 2.75) is 71.6 Å². The lowest BCUT2D eigenvalue weighted by Gasteiger charge is -2.41. The van der Waals surface area contributed by atoms with Crippen molar-refractivity contribution >= 4 is 0 Å². The lowest BCUT2D eigenvalue weighted by atomic mass is 9.80. The Kier molecular flexibility index (Phi) is 3.79. The van der Waals surface area contributed by atoms with Crippen molar-refractivity contribution in [1.29, 1.82) is 0 Å². The first-order valence-corrected chi connectivity index (χ1v) is 7.72. The largest absolute Gasteiger partial charge is 0.368 e. The fourth-order valence-electron chi connectivity index (χ4n) is 4.05. The second-order valence-corrected chi connectivity index (χ2v) is 8.44. The molecule has 3 nitrogen and oxygen atoms in total. The van der Waals surface area contributed by atoms with Crippen molar-refractivity contribution < 1.29 is 4.74 Å². The molecule has 2 fully saturated rings. The molecule has 2 atom stereocenters. The van der Waals surface area contributed by atoms with Crippen molar-refractivity contribution in [3.05, 3.63) is 0 Å². The van der Waals surface area contributed by atoms with Gasteiger partial charge in [0.05, 0.1) is 11.2 Å². The zero-order chi connectivity index (χ0) is 14.5. The van der Waals surface area contributed by atoms with Crippen LogP contribution < -0.4 is 5.73 Å². The maximum Gasteiger partial charge on any atom is 0.0788 e. The monoisotopic (exact) mass is 268 g/mol. The Balaban J connectivity index is 2.06. The zero-order valence-electron chi connectivity index (χ0n) is 13.6. The molecular formula is C16H32N2O. The number of hydrogen-bond acceptors (Lipinski definition) is 3. The summed E-state index contributed by atoms with van der Waals surface area (Å²) in [4.78, 5) is 2.60. The van der Waals surface area contributed by atoms with Crippen LogP contribution >= 0.6 is 0 Å². The SMILES string of the molecule is CC1(C)CCCN(CC2C(N)C(C)(C)OC2(C)C)C1. The van der Waals surface area contributed by atoms with Crippen molar-refractivity contribution in [3.63, 3.8) is 0 Å². The molecular weight excluding hydrogens is 236 g/mol. The zero-order valence-corrected chi connectivity index (χ0v) is 13.6. The Morgan fingerprint density at radius 2 is 1.74 bits per heavy atom. The van der Waals surface area contributed by atoms with Crippen molar-refractivity contribution in [1.82, 2.24) is 4.90 Å². The summed E-state index contributed by atoms with van der Waals surface area (Å²) in [6.07, 6.45) is 2.64. The number of piperidine rings is 1. The molecule has 0 bridgehead atoms. The minimum Gasteiger partial charge on any atom is -0.368 e. The molecule has 0 aromatic heterocycles. The predicted molar refractivity (Wildman–Crippen MR) is 80.2 cm³/mol. The fraction of sp³-hybridized carbons (Fsp3) is 1.00. The highest BCUT2D eigenvalue weighted by Crippen LogP contribution is 2.42. The molecule has 2 aliphatic heterocycles. The summed E-state index contributed by atoms with van der Waals surface area (Å²) in [5.74, 6) is 0.413. The molecule has 0 aliphatic carbocycles. The summed E-state index contributed by atoms with van der Waals surface area (Å²) in [6.45, 7) is 16.9. The summed E-state index contributed by atoms with van der Waals surface area (Å²) < 4.78 is 6.20. The molecule has 2 N–H and O–H groups in total. The van der Waals surface area contributed by atoms with Gasteiger partial charge in [0, 0.05) is 25.0 Å². The van der Waals surface area contributed by atoms with E-state index in [1.807, 2.05) is 0 Å². The maximum absolute atomic E-state index is 6.47. The highest BCUT2D eigenvalue weighted by Gasteiger charge is 2.52. The molecule has 0 saturated carbocycles. The van der Waals surface area contributed by atoms with Gasteiger partial charge in [0.15, 0.2) is 0 Å². The highest BCUT2D eigenvalue weighted by molar-refractivity contribution is 5.05. The molecule has 0 aromatic rings. The molecule has 2 unspecified atom stereocenters. The van der Waals surface area contributed by atoms with E-state index in [9.17, 15) is 0 Å². The molecule has 2 heterocycles. The van der Waals surface area contributed by atoms with E-state index in [2.05, 4.69) is 46.4 Å². The average molecular weight is 268 g/mol. The van der Waals surface area contributed by atoms with Gasteiger partial charge in [0.1, 0.15) is 0 Å². The predicted octanol–water partition coefficient (Wildman–Crippen LogP) is 2.64. The summed E-state index contributed by atoms with van der Waals surface area (Å²) >= 11 is 0. The van der Waals surface area contributed by atoms with Crippen LogP contribution in [-0.4, -0.2) is 41.8 Å². The van der Waals surface area contributed by atoms with Crippen LogP contribution in [-0.2, 0) is 4.74 Å². The molecule has 112 valence electrons. The first-order valence-electron chi connectivity index (χ1n) is 7.72. The van der Waals surface area contributed by atoms with Crippen LogP contribution in [0.15, 0.2) is 0 Å². The third kappa shape index (κ3) is 3.14. The van der Waals surface area contributed by atoms with E-state index in [-0.39, 0.29) is 17.2 Å². The second-order valence-electron chi connectivity index (χ2n) is 8.44.